The standard InChI is InChI=1S/C10H21P/c1-8(2)7-9-3-5-10(11)6-4-9/h8-10H,3-7,11H2,1-2H3. The first kappa shape index (κ1) is 9.52. The summed E-state index contributed by atoms with van der Waals surface area (Å²) < 4.78 is 0. The Labute approximate surface area is 73.3 Å². The highest BCUT2D eigenvalue weighted by molar-refractivity contribution is 7.17. The number of hydrogen-bond donors (Lipinski definition) is 0. The van der Waals surface area contributed by atoms with Crippen LogP contribution in [0.2, 0.25) is 0 Å². The van der Waals surface area contributed by atoms with E-state index in [4.69, 9.17) is 0 Å². The topological polar surface area (TPSA) is 0 Å². The Hall–Kier alpha value is 0.430. The highest BCUT2D eigenvalue weighted by atomic mass is 31.0. The average molecular weight is 172 g/mol. The molecule has 1 aliphatic carbocycles. The minimum Gasteiger partial charge on any atom is -0.134 e. The summed E-state index contributed by atoms with van der Waals surface area (Å²) in [5.41, 5.74) is 0.929. The van der Waals surface area contributed by atoms with Gasteiger partial charge in [-0.25, -0.2) is 0 Å². The third kappa shape index (κ3) is 3.56. The fourth-order valence-corrected chi connectivity index (χ4v) is 2.48. The summed E-state index contributed by atoms with van der Waals surface area (Å²) in [4.78, 5) is 0. The summed E-state index contributed by atoms with van der Waals surface area (Å²) in [5, 5.41) is 0. The van der Waals surface area contributed by atoms with Crippen molar-refractivity contribution >= 4 is 9.24 Å². The zero-order chi connectivity index (χ0) is 8.27. The Morgan fingerprint density at radius 3 is 2.18 bits per heavy atom. The maximum atomic E-state index is 2.97. The molecule has 0 heterocycles. The zero-order valence-electron chi connectivity index (χ0n) is 7.84. The predicted octanol–water partition coefficient (Wildman–Crippen LogP) is 3.47. The van der Waals surface area contributed by atoms with E-state index in [-0.39, 0.29) is 0 Å². The van der Waals surface area contributed by atoms with Gasteiger partial charge in [-0.3, -0.25) is 0 Å². The van der Waals surface area contributed by atoms with E-state index in [0.717, 1.165) is 17.5 Å². The van der Waals surface area contributed by atoms with Gasteiger partial charge in [0.15, 0.2) is 0 Å². The van der Waals surface area contributed by atoms with Crippen LogP contribution >= 0.6 is 9.24 Å². The van der Waals surface area contributed by atoms with Crippen molar-refractivity contribution in [3.05, 3.63) is 0 Å². The molecule has 0 radical (unpaired) electrons. The van der Waals surface area contributed by atoms with Crippen molar-refractivity contribution in [3.8, 4) is 0 Å². The van der Waals surface area contributed by atoms with Crippen molar-refractivity contribution in [2.24, 2.45) is 11.8 Å². The van der Waals surface area contributed by atoms with Gasteiger partial charge >= 0.3 is 0 Å². The summed E-state index contributed by atoms with van der Waals surface area (Å²) in [6.45, 7) is 4.68. The van der Waals surface area contributed by atoms with E-state index in [1.165, 1.54) is 32.1 Å². The van der Waals surface area contributed by atoms with Gasteiger partial charge in [0, 0.05) is 0 Å². The van der Waals surface area contributed by atoms with Gasteiger partial charge in [-0.2, -0.15) is 0 Å². The minimum absolute atomic E-state index is 0.904. The second-order valence-corrected chi connectivity index (χ2v) is 5.35. The highest BCUT2D eigenvalue weighted by Crippen LogP contribution is 2.32. The van der Waals surface area contributed by atoms with Crippen molar-refractivity contribution in [2.45, 2.75) is 51.6 Å². The molecule has 0 amide bonds. The first-order valence-corrected chi connectivity index (χ1v) is 5.60. The van der Waals surface area contributed by atoms with Gasteiger partial charge < -0.3 is 0 Å². The van der Waals surface area contributed by atoms with Crippen LogP contribution in [0.25, 0.3) is 0 Å². The molecule has 0 aromatic carbocycles. The predicted molar refractivity (Wildman–Crippen MR) is 54.9 cm³/mol. The van der Waals surface area contributed by atoms with E-state index in [0.29, 0.717) is 0 Å². The molecule has 0 N–H and O–H groups in total. The summed E-state index contributed by atoms with van der Waals surface area (Å²) in [6.07, 6.45) is 7.31. The minimum atomic E-state index is 0.904. The Morgan fingerprint density at radius 1 is 1.18 bits per heavy atom. The van der Waals surface area contributed by atoms with Crippen molar-refractivity contribution < 1.29 is 0 Å². The van der Waals surface area contributed by atoms with Gasteiger partial charge in [0.1, 0.15) is 0 Å². The molecule has 0 bridgehead atoms. The van der Waals surface area contributed by atoms with Crippen LogP contribution in [0, 0.1) is 11.8 Å². The molecule has 1 heteroatoms. The van der Waals surface area contributed by atoms with Crippen LogP contribution in [0.15, 0.2) is 0 Å². The summed E-state index contributed by atoms with van der Waals surface area (Å²) in [6, 6.07) is 0. The van der Waals surface area contributed by atoms with E-state index >= 15 is 0 Å². The fraction of sp³-hybridized carbons (Fsp3) is 1.00. The molecule has 0 saturated heterocycles. The van der Waals surface area contributed by atoms with E-state index in [1.54, 1.807) is 0 Å². The number of hydrogen-bond acceptors (Lipinski definition) is 0. The van der Waals surface area contributed by atoms with Crippen LogP contribution in [0.3, 0.4) is 0 Å². The van der Waals surface area contributed by atoms with Crippen LogP contribution in [-0.2, 0) is 0 Å². The van der Waals surface area contributed by atoms with Gasteiger partial charge in [-0.1, -0.05) is 13.8 Å². The molecule has 11 heavy (non-hydrogen) atoms. The van der Waals surface area contributed by atoms with Crippen LogP contribution in [0.5, 0.6) is 0 Å². The van der Waals surface area contributed by atoms with E-state index in [9.17, 15) is 0 Å². The molecule has 0 aromatic rings. The monoisotopic (exact) mass is 172 g/mol. The second-order valence-electron chi connectivity index (χ2n) is 4.41. The van der Waals surface area contributed by atoms with Crippen LogP contribution in [0.4, 0.5) is 0 Å². The lowest BCUT2D eigenvalue weighted by Crippen LogP contribution is -2.15. The Balaban J connectivity index is 2.17. The molecule has 0 nitrogen and oxygen atoms in total. The van der Waals surface area contributed by atoms with Crippen LogP contribution < -0.4 is 0 Å². The molecule has 1 saturated carbocycles. The smallest absolute Gasteiger partial charge is 0.0264 e. The van der Waals surface area contributed by atoms with Gasteiger partial charge in [-0.15, -0.1) is 9.24 Å². The van der Waals surface area contributed by atoms with E-state index < -0.39 is 0 Å². The van der Waals surface area contributed by atoms with Gasteiger partial charge in [0.25, 0.3) is 0 Å². The molecular weight excluding hydrogens is 151 g/mol. The molecule has 1 rings (SSSR count). The summed E-state index contributed by atoms with van der Waals surface area (Å²) in [5.74, 6) is 1.95. The molecule has 1 aliphatic rings. The van der Waals surface area contributed by atoms with Crippen molar-refractivity contribution in [3.63, 3.8) is 0 Å². The lowest BCUT2D eigenvalue weighted by atomic mass is 9.83. The number of rotatable bonds is 2. The first-order valence-electron chi connectivity index (χ1n) is 4.94. The van der Waals surface area contributed by atoms with Gasteiger partial charge in [0.05, 0.1) is 0 Å². The molecule has 1 atom stereocenters. The molecule has 0 aromatic heterocycles. The lowest BCUT2D eigenvalue weighted by Gasteiger charge is -2.27. The van der Waals surface area contributed by atoms with Gasteiger partial charge in [-0.05, 0) is 49.6 Å². The molecular formula is C10H21P. The first-order chi connectivity index (χ1) is 5.18. The Bertz CT molecular complexity index is 101. The SMILES string of the molecule is CC(C)CC1CCC(P)CC1. The van der Waals surface area contributed by atoms with Crippen molar-refractivity contribution in [2.75, 3.05) is 0 Å². The summed E-state index contributed by atoms with van der Waals surface area (Å²) >= 11 is 0. The second kappa shape index (κ2) is 4.45. The normalized spacial score (nSPS) is 32.7. The maximum absolute atomic E-state index is 2.97. The summed E-state index contributed by atoms with van der Waals surface area (Å²) in [7, 11) is 2.97. The molecule has 0 spiro atoms. The molecule has 66 valence electrons. The Kier molecular flexibility index (Phi) is 3.85. The maximum Gasteiger partial charge on any atom is -0.0264 e. The fourth-order valence-electron chi connectivity index (χ4n) is 2.09. The van der Waals surface area contributed by atoms with E-state index in [1.807, 2.05) is 0 Å². The average Bonchev–Trinajstić information content (AvgIpc) is 1.93. The lowest BCUT2D eigenvalue weighted by molar-refractivity contribution is 0.310. The third-order valence-corrected chi connectivity index (χ3v) is 3.36. The van der Waals surface area contributed by atoms with Crippen LogP contribution in [0.1, 0.15) is 46.0 Å². The van der Waals surface area contributed by atoms with Crippen molar-refractivity contribution in [1.82, 2.24) is 0 Å². The largest absolute Gasteiger partial charge is 0.134 e. The zero-order valence-corrected chi connectivity index (χ0v) is 9.00. The molecule has 1 fully saturated rings. The molecule has 0 aliphatic heterocycles. The third-order valence-electron chi connectivity index (χ3n) is 2.70. The van der Waals surface area contributed by atoms with E-state index in [2.05, 4.69) is 23.1 Å². The van der Waals surface area contributed by atoms with Crippen molar-refractivity contribution in [1.29, 1.82) is 0 Å². The Morgan fingerprint density at radius 2 is 1.73 bits per heavy atom. The quantitative estimate of drug-likeness (QED) is 0.559. The highest BCUT2D eigenvalue weighted by Gasteiger charge is 2.18. The molecule has 1 unspecified atom stereocenters. The van der Waals surface area contributed by atoms with Gasteiger partial charge in [0.2, 0.25) is 0 Å². The van der Waals surface area contributed by atoms with Crippen LogP contribution in [-0.4, -0.2) is 5.66 Å².